The molecule has 4 heterocycles. The quantitative estimate of drug-likeness (QED) is 0.214. The number of amides is 1. The summed E-state index contributed by atoms with van der Waals surface area (Å²) in [5.74, 6) is -0.778. The molecule has 0 radical (unpaired) electrons. The van der Waals surface area contributed by atoms with Crippen LogP contribution in [0, 0.1) is 5.41 Å². The summed E-state index contributed by atoms with van der Waals surface area (Å²) in [6, 6.07) is 10.1. The maximum absolute atomic E-state index is 13.1. The standard InChI is InChI=1S/C29H30ClN7O3S/c30-24-19(34-26(38)23-27(39)35-22-8-1-4-15-37(22)28(23)40)6-5-7-20(24)41-21(25-31-13-14-32-25)18-33-36-16-11-29(12-17-36)9-2-3-10-29/h1,4-8,13-15,18,33,39H,2-3,9-12,16-17H2,(H,31,32)(H,34,38)/b21-18+. The van der Waals surface area contributed by atoms with Crippen LogP contribution in [0.15, 0.2) is 70.9 Å². The van der Waals surface area contributed by atoms with Crippen molar-refractivity contribution in [1.82, 2.24) is 29.8 Å². The number of imidazole rings is 1. The lowest BCUT2D eigenvalue weighted by molar-refractivity contribution is 0.0842. The van der Waals surface area contributed by atoms with Crippen molar-refractivity contribution in [2.45, 2.75) is 43.4 Å². The number of hydrogen-bond donors (Lipinski definition) is 4. The van der Waals surface area contributed by atoms with Crippen LogP contribution >= 0.6 is 23.4 Å². The van der Waals surface area contributed by atoms with Gasteiger partial charge in [-0.25, -0.2) is 9.99 Å². The SMILES string of the molecule is O=C(Nc1cccc(S/C(=C/NN2CCC3(CCCC3)CC2)c2ncc[nH]2)c1Cl)c1c(O)nc2ccccn2c1=O. The zero-order chi connectivity index (χ0) is 28.4. The van der Waals surface area contributed by atoms with Crippen LogP contribution in [0.25, 0.3) is 10.6 Å². The number of anilines is 1. The van der Waals surface area contributed by atoms with E-state index in [0.29, 0.717) is 21.8 Å². The summed E-state index contributed by atoms with van der Waals surface area (Å²) < 4.78 is 1.20. The van der Waals surface area contributed by atoms with Crippen molar-refractivity contribution >= 4 is 45.5 Å². The highest BCUT2D eigenvalue weighted by Crippen LogP contribution is 2.46. The maximum atomic E-state index is 13.1. The summed E-state index contributed by atoms with van der Waals surface area (Å²) in [5.41, 5.74) is 3.37. The highest BCUT2D eigenvalue weighted by atomic mass is 35.5. The Morgan fingerprint density at radius 1 is 1.12 bits per heavy atom. The molecule has 1 saturated heterocycles. The van der Waals surface area contributed by atoms with Crippen LogP contribution in [0.5, 0.6) is 5.88 Å². The van der Waals surface area contributed by atoms with Crippen molar-refractivity contribution < 1.29 is 9.90 Å². The Balaban J connectivity index is 1.20. The molecule has 12 heteroatoms. The molecule has 0 bridgehead atoms. The minimum atomic E-state index is -0.809. The molecule has 41 heavy (non-hydrogen) atoms. The van der Waals surface area contributed by atoms with Gasteiger partial charge in [0.2, 0.25) is 5.88 Å². The van der Waals surface area contributed by atoms with Crippen molar-refractivity contribution in [2.24, 2.45) is 5.41 Å². The number of piperidine rings is 1. The van der Waals surface area contributed by atoms with E-state index in [-0.39, 0.29) is 10.7 Å². The second kappa shape index (κ2) is 11.6. The summed E-state index contributed by atoms with van der Waals surface area (Å²) in [4.78, 5) is 39.1. The molecule has 2 aliphatic rings. The number of benzene rings is 1. The molecule has 1 spiro atoms. The summed E-state index contributed by atoms with van der Waals surface area (Å²) in [7, 11) is 0. The molecule has 10 nitrogen and oxygen atoms in total. The van der Waals surface area contributed by atoms with Gasteiger partial charge in [-0.3, -0.25) is 14.0 Å². The highest BCUT2D eigenvalue weighted by molar-refractivity contribution is 8.08. The number of fused-ring (bicyclic) bond motifs is 1. The minimum absolute atomic E-state index is 0.233. The third-order valence-corrected chi connectivity index (χ3v) is 9.58. The molecule has 0 unspecified atom stereocenters. The third-order valence-electron chi connectivity index (χ3n) is 7.97. The first kappa shape index (κ1) is 27.4. The van der Waals surface area contributed by atoms with E-state index < -0.39 is 22.9 Å². The normalized spacial score (nSPS) is 17.2. The van der Waals surface area contributed by atoms with E-state index in [0.717, 1.165) is 18.0 Å². The van der Waals surface area contributed by atoms with Crippen molar-refractivity contribution in [1.29, 1.82) is 0 Å². The highest BCUT2D eigenvalue weighted by Gasteiger charge is 2.36. The molecule has 212 valence electrons. The predicted octanol–water partition coefficient (Wildman–Crippen LogP) is 5.28. The number of nitrogens with one attached hydrogen (secondary N) is 3. The monoisotopic (exact) mass is 591 g/mol. The molecule has 0 atom stereocenters. The lowest BCUT2D eigenvalue weighted by Crippen LogP contribution is -2.44. The van der Waals surface area contributed by atoms with Gasteiger partial charge in [0.05, 0.1) is 15.6 Å². The zero-order valence-electron chi connectivity index (χ0n) is 22.3. The molecule has 6 rings (SSSR count). The second-order valence-electron chi connectivity index (χ2n) is 10.5. The first-order valence-corrected chi connectivity index (χ1v) is 14.8. The van der Waals surface area contributed by atoms with E-state index >= 15 is 0 Å². The van der Waals surface area contributed by atoms with Crippen LogP contribution < -0.4 is 16.3 Å². The molecule has 2 fully saturated rings. The lowest BCUT2D eigenvalue weighted by atomic mass is 9.77. The van der Waals surface area contributed by atoms with Gasteiger partial charge in [-0.05, 0) is 55.4 Å². The predicted molar refractivity (Wildman–Crippen MR) is 160 cm³/mol. The number of aromatic hydroxyl groups is 1. The summed E-state index contributed by atoms with van der Waals surface area (Å²) in [6.07, 6.45) is 14.7. The molecular weight excluding hydrogens is 562 g/mol. The number of nitrogens with zero attached hydrogens (tertiary/aromatic N) is 4. The van der Waals surface area contributed by atoms with Crippen LogP contribution in [0.3, 0.4) is 0 Å². The Morgan fingerprint density at radius 3 is 2.68 bits per heavy atom. The number of thioether (sulfide) groups is 1. The second-order valence-corrected chi connectivity index (χ2v) is 11.9. The molecule has 1 aliphatic carbocycles. The van der Waals surface area contributed by atoms with Crippen molar-refractivity contribution in [2.75, 3.05) is 18.4 Å². The Bertz CT molecular complexity index is 1650. The third kappa shape index (κ3) is 5.70. The first-order valence-electron chi connectivity index (χ1n) is 13.6. The molecule has 1 aliphatic heterocycles. The van der Waals surface area contributed by atoms with Gasteiger partial charge in [-0.2, -0.15) is 4.98 Å². The number of carbonyl (C=O) groups is 1. The van der Waals surface area contributed by atoms with Crippen LogP contribution in [-0.2, 0) is 0 Å². The van der Waals surface area contributed by atoms with Gasteiger partial charge < -0.3 is 20.8 Å². The number of H-pyrrole nitrogens is 1. The molecule has 1 aromatic carbocycles. The first-order chi connectivity index (χ1) is 19.9. The Morgan fingerprint density at radius 2 is 1.93 bits per heavy atom. The van der Waals surface area contributed by atoms with Gasteiger partial charge in [-0.15, -0.1) is 0 Å². The fourth-order valence-corrected chi connectivity index (χ4v) is 6.89. The van der Waals surface area contributed by atoms with Gasteiger partial charge in [-0.1, -0.05) is 48.3 Å². The topological polar surface area (TPSA) is 128 Å². The summed E-state index contributed by atoms with van der Waals surface area (Å²) in [5, 5.41) is 15.6. The van der Waals surface area contributed by atoms with E-state index in [1.54, 1.807) is 42.7 Å². The van der Waals surface area contributed by atoms with E-state index in [9.17, 15) is 14.7 Å². The Labute approximate surface area is 245 Å². The van der Waals surface area contributed by atoms with Gasteiger partial charge in [0.15, 0.2) is 5.56 Å². The molecule has 4 N–H and O–H groups in total. The zero-order valence-corrected chi connectivity index (χ0v) is 23.8. The van der Waals surface area contributed by atoms with Crippen molar-refractivity contribution in [3.63, 3.8) is 0 Å². The van der Waals surface area contributed by atoms with Gasteiger partial charge in [0.1, 0.15) is 11.5 Å². The van der Waals surface area contributed by atoms with E-state index in [1.165, 1.54) is 60.9 Å². The molecule has 3 aromatic heterocycles. The average molecular weight is 592 g/mol. The number of aromatic nitrogens is 4. The molecule has 1 saturated carbocycles. The number of pyridine rings is 1. The smallest absolute Gasteiger partial charge is 0.274 e. The van der Waals surface area contributed by atoms with Crippen LogP contribution in [-0.4, -0.2) is 48.5 Å². The molecule has 4 aromatic rings. The number of hydrazine groups is 1. The number of aromatic amines is 1. The van der Waals surface area contributed by atoms with Crippen LogP contribution in [0.1, 0.15) is 54.7 Å². The fourth-order valence-electron chi connectivity index (χ4n) is 5.70. The van der Waals surface area contributed by atoms with E-state index in [4.69, 9.17) is 11.6 Å². The van der Waals surface area contributed by atoms with Crippen LogP contribution in [0.2, 0.25) is 5.02 Å². The Kier molecular flexibility index (Phi) is 7.74. The van der Waals surface area contributed by atoms with E-state index in [1.807, 2.05) is 12.3 Å². The lowest BCUT2D eigenvalue weighted by Gasteiger charge is -2.39. The van der Waals surface area contributed by atoms with Crippen LogP contribution in [0.4, 0.5) is 5.69 Å². The van der Waals surface area contributed by atoms with Gasteiger partial charge in [0, 0.05) is 42.8 Å². The Hall–Kier alpha value is -3.80. The molecule has 1 amide bonds. The van der Waals surface area contributed by atoms with Crippen molar-refractivity contribution in [3.8, 4) is 5.88 Å². The average Bonchev–Trinajstić information content (AvgIpc) is 3.67. The fraction of sp³-hybridized carbons (Fsp3) is 0.310. The summed E-state index contributed by atoms with van der Waals surface area (Å²) >= 11 is 8.15. The van der Waals surface area contributed by atoms with E-state index in [2.05, 4.69) is 30.7 Å². The number of halogens is 1. The summed E-state index contributed by atoms with van der Waals surface area (Å²) in [6.45, 7) is 1.98. The molecular formula is C29H30ClN7O3S. The van der Waals surface area contributed by atoms with Gasteiger partial charge in [0.25, 0.3) is 11.5 Å². The number of rotatable bonds is 7. The number of hydrogen-bond acceptors (Lipinski definition) is 8. The van der Waals surface area contributed by atoms with Gasteiger partial charge >= 0.3 is 0 Å². The maximum Gasteiger partial charge on any atom is 0.274 e. The minimum Gasteiger partial charge on any atom is -0.493 e. The number of carbonyl (C=O) groups excluding carboxylic acids is 1. The van der Waals surface area contributed by atoms with Crippen molar-refractivity contribution in [3.05, 3.63) is 88.0 Å². The largest absolute Gasteiger partial charge is 0.493 e.